The largest absolute Gasteiger partial charge is 0.481 e. The van der Waals surface area contributed by atoms with E-state index in [9.17, 15) is 9.90 Å². The quantitative estimate of drug-likeness (QED) is 0.825. The molecule has 0 bridgehead atoms. The molecule has 0 aromatic heterocycles. The van der Waals surface area contributed by atoms with Gasteiger partial charge in [0.05, 0.1) is 5.92 Å². The molecule has 1 saturated carbocycles. The van der Waals surface area contributed by atoms with Crippen LogP contribution >= 0.6 is 0 Å². The van der Waals surface area contributed by atoms with E-state index in [0.717, 1.165) is 24.8 Å². The van der Waals surface area contributed by atoms with Crippen molar-refractivity contribution in [3.63, 3.8) is 0 Å². The highest BCUT2D eigenvalue weighted by Crippen LogP contribution is 2.36. The molecular weight excluding hydrogens is 248 g/mol. The van der Waals surface area contributed by atoms with Crippen LogP contribution in [0.2, 0.25) is 0 Å². The second-order valence-corrected chi connectivity index (χ2v) is 6.19. The van der Waals surface area contributed by atoms with Crippen LogP contribution in [0.4, 0.5) is 0 Å². The zero-order valence-electron chi connectivity index (χ0n) is 12.6. The molecule has 0 saturated heterocycles. The van der Waals surface area contributed by atoms with Gasteiger partial charge in [-0.2, -0.15) is 0 Å². The lowest BCUT2D eigenvalue weighted by Gasteiger charge is -2.28. The number of carbonyl (C=O) groups is 1. The van der Waals surface area contributed by atoms with Crippen molar-refractivity contribution in [1.82, 2.24) is 0 Å². The molecule has 1 aromatic carbocycles. The van der Waals surface area contributed by atoms with E-state index in [1.165, 1.54) is 24.8 Å². The number of hydrogen-bond donors (Lipinski definition) is 1. The SMILES string of the molecule is CCC(C)c1ccc(C(C(=O)O)C2CCCCC2)cc1. The van der Waals surface area contributed by atoms with E-state index in [1.54, 1.807) is 0 Å². The molecule has 0 amide bonds. The average Bonchev–Trinajstić information content (AvgIpc) is 2.48. The summed E-state index contributed by atoms with van der Waals surface area (Å²) in [4.78, 5) is 11.7. The van der Waals surface area contributed by atoms with Crippen molar-refractivity contribution in [2.24, 2.45) is 5.92 Å². The number of carboxylic acid groups (broad SMARTS) is 1. The Morgan fingerprint density at radius 1 is 1.15 bits per heavy atom. The van der Waals surface area contributed by atoms with Crippen molar-refractivity contribution < 1.29 is 9.90 Å². The smallest absolute Gasteiger partial charge is 0.311 e. The number of rotatable bonds is 5. The summed E-state index contributed by atoms with van der Waals surface area (Å²) in [5.41, 5.74) is 2.29. The first-order valence-corrected chi connectivity index (χ1v) is 7.96. The molecule has 1 fully saturated rings. The molecule has 1 N–H and O–H groups in total. The van der Waals surface area contributed by atoms with Crippen LogP contribution in [-0.4, -0.2) is 11.1 Å². The van der Waals surface area contributed by atoms with E-state index in [1.807, 2.05) is 12.1 Å². The summed E-state index contributed by atoms with van der Waals surface area (Å²) in [5.74, 6) is -0.118. The van der Waals surface area contributed by atoms with Gasteiger partial charge in [-0.1, -0.05) is 57.4 Å². The van der Waals surface area contributed by atoms with E-state index < -0.39 is 5.97 Å². The Bertz CT molecular complexity index is 429. The highest BCUT2D eigenvalue weighted by Gasteiger charge is 2.30. The number of hydrogen-bond acceptors (Lipinski definition) is 1. The lowest BCUT2D eigenvalue weighted by molar-refractivity contribution is -0.140. The minimum atomic E-state index is -0.659. The van der Waals surface area contributed by atoms with E-state index in [-0.39, 0.29) is 5.92 Å². The first kappa shape index (κ1) is 15.1. The molecule has 2 unspecified atom stereocenters. The van der Waals surface area contributed by atoms with Gasteiger partial charge in [-0.25, -0.2) is 0 Å². The summed E-state index contributed by atoms with van der Waals surface area (Å²) in [6.07, 6.45) is 6.85. The molecule has 0 aliphatic heterocycles. The van der Waals surface area contributed by atoms with Crippen LogP contribution in [0.1, 0.15) is 75.3 Å². The zero-order chi connectivity index (χ0) is 14.5. The molecule has 2 nitrogen and oxygen atoms in total. The molecule has 1 aliphatic carbocycles. The molecule has 0 heterocycles. The molecule has 1 aromatic rings. The van der Waals surface area contributed by atoms with Crippen molar-refractivity contribution in [2.75, 3.05) is 0 Å². The highest BCUT2D eigenvalue weighted by atomic mass is 16.4. The van der Waals surface area contributed by atoms with E-state index in [2.05, 4.69) is 26.0 Å². The van der Waals surface area contributed by atoms with Crippen LogP contribution in [0.3, 0.4) is 0 Å². The van der Waals surface area contributed by atoms with E-state index in [4.69, 9.17) is 0 Å². The molecule has 20 heavy (non-hydrogen) atoms. The Morgan fingerprint density at radius 2 is 1.70 bits per heavy atom. The molecule has 1 aliphatic rings. The Labute approximate surface area is 122 Å². The summed E-state index contributed by atoms with van der Waals surface area (Å²) < 4.78 is 0. The zero-order valence-corrected chi connectivity index (χ0v) is 12.6. The van der Waals surface area contributed by atoms with Gasteiger partial charge >= 0.3 is 5.97 Å². The standard InChI is InChI=1S/C18H26O2/c1-3-13(2)14-9-11-16(12-10-14)17(18(19)20)15-7-5-4-6-8-15/h9-13,15,17H,3-8H2,1-2H3,(H,19,20). The molecule has 110 valence electrons. The molecule has 2 atom stereocenters. The minimum absolute atomic E-state index is 0.315. The fourth-order valence-corrected chi connectivity index (χ4v) is 3.35. The molecule has 0 spiro atoms. The topological polar surface area (TPSA) is 37.3 Å². The van der Waals surface area contributed by atoms with Crippen LogP contribution in [0.15, 0.2) is 24.3 Å². The second-order valence-electron chi connectivity index (χ2n) is 6.19. The summed E-state index contributed by atoms with van der Waals surface area (Å²) in [6.45, 7) is 4.39. The van der Waals surface area contributed by atoms with Crippen LogP contribution in [0.5, 0.6) is 0 Å². The fraction of sp³-hybridized carbons (Fsp3) is 0.611. The van der Waals surface area contributed by atoms with Crippen molar-refractivity contribution in [3.8, 4) is 0 Å². The van der Waals surface area contributed by atoms with Gasteiger partial charge in [-0.3, -0.25) is 4.79 Å². The lowest BCUT2D eigenvalue weighted by atomic mass is 9.76. The monoisotopic (exact) mass is 274 g/mol. The van der Waals surface area contributed by atoms with Gasteiger partial charge in [0.1, 0.15) is 0 Å². The Morgan fingerprint density at radius 3 is 2.20 bits per heavy atom. The van der Waals surface area contributed by atoms with Crippen LogP contribution < -0.4 is 0 Å². The van der Waals surface area contributed by atoms with Gasteiger partial charge in [0, 0.05) is 0 Å². The summed E-state index contributed by atoms with van der Waals surface area (Å²) in [5, 5.41) is 9.60. The Balaban J connectivity index is 2.18. The third-order valence-electron chi connectivity index (χ3n) is 4.86. The number of benzene rings is 1. The first-order chi connectivity index (χ1) is 9.63. The second kappa shape index (κ2) is 6.92. The van der Waals surface area contributed by atoms with Gasteiger partial charge in [0.2, 0.25) is 0 Å². The van der Waals surface area contributed by atoms with Crippen molar-refractivity contribution in [3.05, 3.63) is 35.4 Å². The summed E-state index contributed by atoms with van der Waals surface area (Å²) in [6, 6.07) is 8.30. The van der Waals surface area contributed by atoms with Gasteiger partial charge in [0.15, 0.2) is 0 Å². The third-order valence-corrected chi connectivity index (χ3v) is 4.86. The Kier molecular flexibility index (Phi) is 5.22. The van der Waals surface area contributed by atoms with E-state index in [0.29, 0.717) is 11.8 Å². The van der Waals surface area contributed by atoms with Crippen LogP contribution in [-0.2, 0) is 4.79 Å². The van der Waals surface area contributed by atoms with Crippen molar-refractivity contribution in [1.29, 1.82) is 0 Å². The van der Waals surface area contributed by atoms with Gasteiger partial charge in [-0.15, -0.1) is 0 Å². The lowest BCUT2D eigenvalue weighted by Crippen LogP contribution is -2.23. The Hall–Kier alpha value is -1.31. The summed E-state index contributed by atoms with van der Waals surface area (Å²) in [7, 11) is 0. The molecule has 2 heteroatoms. The van der Waals surface area contributed by atoms with Gasteiger partial charge in [-0.05, 0) is 42.2 Å². The normalized spacial score (nSPS) is 19.5. The fourth-order valence-electron chi connectivity index (χ4n) is 3.35. The maximum Gasteiger partial charge on any atom is 0.311 e. The maximum absolute atomic E-state index is 11.7. The predicted octanol–water partition coefficient (Wildman–Crippen LogP) is 4.95. The molecular formula is C18H26O2. The van der Waals surface area contributed by atoms with Crippen molar-refractivity contribution in [2.45, 2.75) is 64.2 Å². The molecule has 0 radical (unpaired) electrons. The minimum Gasteiger partial charge on any atom is -0.481 e. The van der Waals surface area contributed by atoms with Crippen LogP contribution in [0, 0.1) is 5.92 Å². The molecule has 2 rings (SSSR count). The predicted molar refractivity (Wildman–Crippen MR) is 82.1 cm³/mol. The van der Waals surface area contributed by atoms with Crippen LogP contribution in [0.25, 0.3) is 0 Å². The first-order valence-electron chi connectivity index (χ1n) is 7.96. The number of carboxylic acids is 1. The maximum atomic E-state index is 11.7. The average molecular weight is 274 g/mol. The third kappa shape index (κ3) is 3.41. The van der Waals surface area contributed by atoms with Crippen molar-refractivity contribution >= 4 is 5.97 Å². The highest BCUT2D eigenvalue weighted by molar-refractivity contribution is 5.76. The van der Waals surface area contributed by atoms with E-state index >= 15 is 0 Å². The number of aliphatic carboxylic acids is 1. The van der Waals surface area contributed by atoms with Gasteiger partial charge < -0.3 is 5.11 Å². The summed E-state index contributed by atoms with van der Waals surface area (Å²) >= 11 is 0. The van der Waals surface area contributed by atoms with Gasteiger partial charge in [0.25, 0.3) is 0 Å².